The number of hydrogen-bond donors (Lipinski definition) is 0. The van der Waals surface area contributed by atoms with Crippen molar-refractivity contribution in [2.45, 2.75) is 84.0 Å². The van der Waals surface area contributed by atoms with E-state index in [-0.39, 0.29) is 0 Å². The molecule has 0 aliphatic heterocycles. The number of hydrogen-bond acceptors (Lipinski definition) is 0. The summed E-state index contributed by atoms with van der Waals surface area (Å²) < 4.78 is 0. The molecule has 0 aromatic heterocycles. The number of rotatable bonds is 14. The molecule has 0 aromatic carbocycles. The number of unbranched alkanes of at least 4 members (excludes halogenated alkanes) is 7. The third-order valence-electron chi connectivity index (χ3n) is 3.70. The zero-order valence-corrected chi connectivity index (χ0v) is 13.2. The fourth-order valence-electron chi connectivity index (χ4n) is 2.41. The molecule has 0 heterocycles. The molecule has 1 unspecified atom stereocenters. The van der Waals surface area contributed by atoms with E-state index in [1.165, 1.54) is 64.2 Å². The second kappa shape index (κ2) is 15.5. The lowest BCUT2D eigenvalue weighted by molar-refractivity contribution is 0.505. The van der Waals surface area contributed by atoms with E-state index in [9.17, 15) is 0 Å². The van der Waals surface area contributed by atoms with Crippen LogP contribution in [0.3, 0.4) is 0 Å². The van der Waals surface area contributed by atoms with Crippen LogP contribution in [0.4, 0.5) is 0 Å². The molecule has 0 aliphatic carbocycles. The Morgan fingerprint density at radius 3 is 2.37 bits per heavy atom. The Hall–Kier alpha value is -0.520. The molecule has 19 heavy (non-hydrogen) atoms. The summed E-state index contributed by atoms with van der Waals surface area (Å²) in [7, 11) is 0. The van der Waals surface area contributed by atoms with Crippen LogP contribution in [0.2, 0.25) is 0 Å². The maximum atomic E-state index is 3.91. The van der Waals surface area contributed by atoms with Crippen molar-refractivity contribution in [3.05, 3.63) is 31.7 Å². The van der Waals surface area contributed by atoms with Crippen molar-refractivity contribution in [3.63, 3.8) is 0 Å². The van der Waals surface area contributed by atoms with Crippen LogP contribution < -0.4 is 0 Å². The highest BCUT2D eigenvalue weighted by Crippen LogP contribution is 2.18. The molecule has 0 nitrogen and oxygen atoms in total. The fourth-order valence-corrected chi connectivity index (χ4v) is 2.41. The van der Waals surface area contributed by atoms with Gasteiger partial charge < -0.3 is 0 Å². The minimum absolute atomic E-state index is 0.772. The minimum atomic E-state index is 0.772. The van der Waals surface area contributed by atoms with Gasteiger partial charge in [-0.3, -0.25) is 0 Å². The standard InChI is InChI=1S/C19H35/c1-4-7-10-12-13-15-18-19(16-9-6-3)17-14-11-8-5-2/h6,15,18-19H,2-5,7-14,16-17H2,1H3. The molecule has 0 aliphatic rings. The van der Waals surface area contributed by atoms with Crippen LogP contribution in [-0.2, 0) is 0 Å². The molecule has 1 atom stereocenters. The van der Waals surface area contributed by atoms with E-state index in [1.807, 2.05) is 0 Å². The summed E-state index contributed by atoms with van der Waals surface area (Å²) in [5.74, 6) is 0.772. The maximum absolute atomic E-state index is 3.91. The van der Waals surface area contributed by atoms with Gasteiger partial charge in [0.05, 0.1) is 0 Å². The zero-order chi connectivity index (χ0) is 14.2. The molecule has 0 spiro atoms. The van der Waals surface area contributed by atoms with E-state index in [2.05, 4.69) is 38.7 Å². The molecular formula is C19H35. The fraction of sp³-hybridized carbons (Fsp3) is 0.737. The summed E-state index contributed by atoms with van der Waals surface area (Å²) in [5.41, 5.74) is 0. The first-order chi connectivity index (χ1) is 9.35. The highest BCUT2D eigenvalue weighted by Gasteiger charge is 2.03. The van der Waals surface area contributed by atoms with Crippen molar-refractivity contribution in [3.8, 4) is 0 Å². The van der Waals surface area contributed by atoms with Gasteiger partial charge in [-0.25, -0.2) is 0 Å². The first kappa shape index (κ1) is 18.5. The van der Waals surface area contributed by atoms with Gasteiger partial charge in [-0.05, 0) is 38.0 Å². The van der Waals surface area contributed by atoms with Crippen molar-refractivity contribution in [2.24, 2.45) is 5.92 Å². The van der Waals surface area contributed by atoms with Crippen LogP contribution in [0, 0.1) is 12.8 Å². The van der Waals surface area contributed by atoms with Crippen LogP contribution in [0.1, 0.15) is 84.0 Å². The number of allylic oxidation sites excluding steroid dienone is 3. The third kappa shape index (κ3) is 13.7. The molecule has 0 N–H and O–H groups in total. The Morgan fingerprint density at radius 1 is 0.895 bits per heavy atom. The molecule has 0 rings (SSSR count). The molecule has 111 valence electrons. The van der Waals surface area contributed by atoms with Crippen LogP contribution in [0.25, 0.3) is 0 Å². The predicted molar refractivity (Wildman–Crippen MR) is 89.3 cm³/mol. The van der Waals surface area contributed by atoms with Crippen molar-refractivity contribution in [2.75, 3.05) is 0 Å². The lowest BCUT2D eigenvalue weighted by Gasteiger charge is -2.11. The smallest absolute Gasteiger partial charge is 0.0231 e. The highest BCUT2D eigenvalue weighted by molar-refractivity contribution is 4.89. The first-order valence-corrected chi connectivity index (χ1v) is 8.42. The van der Waals surface area contributed by atoms with Gasteiger partial charge in [-0.1, -0.05) is 77.0 Å². The van der Waals surface area contributed by atoms with Gasteiger partial charge in [0.1, 0.15) is 0 Å². The summed E-state index contributed by atoms with van der Waals surface area (Å²) in [6, 6.07) is 0. The van der Waals surface area contributed by atoms with E-state index in [0.717, 1.165) is 18.8 Å². The highest BCUT2D eigenvalue weighted by atomic mass is 14.1. The quantitative estimate of drug-likeness (QED) is 0.237. The van der Waals surface area contributed by atoms with Gasteiger partial charge in [0, 0.05) is 0 Å². The van der Waals surface area contributed by atoms with Crippen molar-refractivity contribution in [1.82, 2.24) is 0 Å². The lowest BCUT2D eigenvalue weighted by Crippen LogP contribution is -1.96. The van der Waals surface area contributed by atoms with Gasteiger partial charge in [-0.15, -0.1) is 6.58 Å². The summed E-state index contributed by atoms with van der Waals surface area (Å²) in [6.07, 6.45) is 22.5. The van der Waals surface area contributed by atoms with Gasteiger partial charge in [0.2, 0.25) is 0 Å². The van der Waals surface area contributed by atoms with Crippen LogP contribution >= 0.6 is 0 Å². The van der Waals surface area contributed by atoms with Gasteiger partial charge in [0.25, 0.3) is 0 Å². The molecule has 0 bridgehead atoms. The monoisotopic (exact) mass is 263 g/mol. The average molecular weight is 263 g/mol. The van der Waals surface area contributed by atoms with Gasteiger partial charge in [-0.2, -0.15) is 0 Å². The SMILES string of the molecule is [CH2]CCCCCC(C=CCCCCCC)CCC=C. The topological polar surface area (TPSA) is 0 Å². The van der Waals surface area contributed by atoms with E-state index < -0.39 is 0 Å². The molecule has 0 amide bonds. The minimum Gasteiger partial charge on any atom is -0.103 e. The Kier molecular flexibility index (Phi) is 15.1. The summed E-state index contributed by atoms with van der Waals surface area (Å²) in [5, 5.41) is 0. The molecule has 0 fully saturated rings. The zero-order valence-electron chi connectivity index (χ0n) is 13.2. The van der Waals surface area contributed by atoms with Crippen molar-refractivity contribution >= 4 is 0 Å². The van der Waals surface area contributed by atoms with Gasteiger partial charge >= 0.3 is 0 Å². The second-order valence-electron chi connectivity index (χ2n) is 5.61. The summed E-state index contributed by atoms with van der Waals surface area (Å²) >= 11 is 0. The Balaban J connectivity index is 3.76. The Morgan fingerprint density at radius 2 is 1.68 bits per heavy atom. The van der Waals surface area contributed by atoms with Crippen molar-refractivity contribution < 1.29 is 0 Å². The van der Waals surface area contributed by atoms with Crippen LogP contribution in [0.5, 0.6) is 0 Å². The molecular weight excluding hydrogens is 228 g/mol. The average Bonchev–Trinajstić information content (AvgIpc) is 2.43. The maximum Gasteiger partial charge on any atom is -0.0231 e. The van der Waals surface area contributed by atoms with E-state index in [4.69, 9.17) is 0 Å². The predicted octanol–water partition coefficient (Wildman–Crippen LogP) is 6.88. The molecule has 0 saturated carbocycles. The van der Waals surface area contributed by atoms with E-state index >= 15 is 0 Å². The Labute approximate surface area is 122 Å². The molecule has 0 heteroatoms. The molecule has 1 radical (unpaired) electrons. The van der Waals surface area contributed by atoms with Crippen LogP contribution in [0.15, 0.2) is 24.8 Å². The first-order valence-electron chi connectivity index (χ1n) is 8.42. The molecule has 0 aromatic rings. The normalized spacial score (nSPS) is 12.9. The Bertz CT molecular complexity index is 202. The molecule has 0 saturated heterocycles. The van der Waals surface area contributed by atoms with E-state index in [0.29, 0.717) is 0 Å². The summed E-state index contributed by atoms with van der Waals surface area (Å²) in [6.45, 7) is 10.0. The largest absolute Gasteiger partial charge is 0.103 e. The van der Waals surface area contributed by atoms with Crippen LogP contribution in [-0.4, -0.2) is 0 Å². The summed E-state index contributed by atoms with van der Waals surface area (Å²) in [4.78, 5) is 0. The third-order valence-corrected chi connectivity index (χ3v) is 3.70. The van der Waals surface area contributed by atoms with Crippen molar-refractivity contribution in [1.29, 1.82) is 0 Å². The van der Waals surface area contributed by atoms with E-state index in [1.54, 1.807) is 0 Å². The second-order valence-corrected chi connectivity index (χ2v) is 5.61. The lowest BCUT2D eigenvalue weighted by atomic mass is 9.95. The van der Waals surface area contributed by atoms with Gasteiger partial charge in [0.15, 0.2) is 0 Å².